The monoisotopic (exact) mass is 462 g/mol. The van der Waals surface area contributed by atoms with Crippen molar-refractivity contribution in [1.29, 1.82) is 0 Å². The van der Waals surface area contributed by atoms with Gasteiger partial charge in [0.25, 0.3) is 5.91 Å². The number of hydrogen-bond acceptors (Lipinski definition) is 5. The first kappa shape index (κ1) is 23.4. The Morgan fingerprint density at radius 2 is 2.10 bits per heavy atom. The summed E-state index contributed by atoms with van der Waals surface area (Å²) in [6, 6.07) is 1.95. The first-order valence-corrected chi connectivity index (χ1v) is 11.8. The molecule has 31 heavy (non-hydrogen) atoms. The van der Waals surface area contributed by atoms with Crippen LogP contribution in [-0.4, -0.2) is 35.5 Å². The van der Waals surface area contributed by atoms with Crippen LogP contribution in [0.1, 0.15) is 53.7 Å². The molecular formula is C23H28ClFN4OS. The van der Waals surface area contributed by atoms with Gasteiger partial charge in [0.05, 0.1) is 11.1 Å². The smallest absolute Gasteiger partial charge is 0.261 e. The van der Waals surface area contributed by atoms with Gasteiger partial charge in [-0.2, -0.15) is 4.98 Å². The van der Waals surface area contributed by atoms with E-state index in [0.29, 0.717) is 12.4 Å². The van der Waals surface area contributed by atoms with Gasteiger partial charge in [-0.05, 0) is 67.8 Å². The Bertz CT molecular complexity index is 964. The van der Waals surface area contributed by atoms with E-state index in [9.17, 15) is 9.18 Å². The van der Waals surface area contributed by atoms with E-state index < -0.39 is 0 Å². The normalized spacial score (nSPS) is 19.5. The van der Waals surface area contributed by atoms with Gasteiger partial charge in [0.1, 0.15) is 0 Å². The molecule has 5 nitrogen and oxygen atoms in total. The van der Waals surface area contributed by atoms with Gasteiger partial charge < -0.3 is 10.2 Å². The maximum absolute atomic E-state index is 13.3. The molecule has 2 aliphatic rings. The molecule has 4 rings (SSSR count). The summed E-state index contributed by atoms with van der Waals surface area (Å²) in [4.78, 5) is 23.1. The zero-order valence-corrected chi connectivity index (χ0v) is 19.6. The van der Waals surface area contributed by atoms with Gasteiger partial charge in [-0.15, -0.1) is 11.3 Å². The van der Waals surface area contributed by atoms with Gasteiger partial charge in [-0.25, -0.2) is 9.37 Å². The summed E-state index contributed by atoms with van der Waals surface area (Å²) in [5.74, 6) is 1.50. The SMILES string of the molecule is C/C=C\c1cc(C(=O)NCC)sc1/C=C/CC.Fc1cnc(Cl)nc1N1CC2CC2C1. The van der Waals surface area contributed by atoms with Gasteiger partial charge in [0, 0.05) is 24.5 Å². The van der Waals surface area contributed by atoms with Crippen molar-refractivity contribution in [3.63, 3.8) is 0 Å². The average molecular weight is 463 g/mol. The van der Waals surface area contributed by atoms with Crippen LogP contribution in [0.5, 0.6) is 0 Å². The molecule has 3 heterocycles. The maximum Gasteiger partial charge on any atom is 0.261 e. The second-order valence-electron chi connectivity index (χ2n) is 7.57. The van der Waals surface area contributed by atoms with Crippen LogP contribution in [0.4, 0.5) is 10.2 Å². The lowest BCUT2D eigenvalue weighted by Crippen LogP contribution is -2.24. The topological polar surface area (TPSA) is 58.1 Å². The molecule has 0 bridgehead atoms. The molecule has 166 valence electrons. The number of hydrogen-bond donors (Lipinski definition) is 1. The van der Waals surface area contributed by atoms with Crippen molar-refractivity contribution in [3.8, 4) is 0 Å². The van der Waals surface area contributed by atoms with E-state index in [-0.39, 0.29) is 17.0 Å². The van der Waals surface area contributed by atoms with Crippen LogP contribution < -0.4 is 10.2 Å². The second-order valence-corrected chi connectivity index (χ2v) is 8.99. The van der Waals surface area contributed by atoms with E-state index in [0.717, 1.165) is 52.9 Å². The van der Waals surface area contributed by atoms with Crippen molar-refractivity contribution in [2.75, 3.05) is 24.5 Å². The highest BCUT2D eigenvalue weighted by atomic mass is 35.5. The highest BCUT2D eigenvalue weighted by molar-refractivity contribution is 7.15. The lowest BCUT2D eigenvalue weighted by atomic mass is 10.2. The molecule has 2 aromatic rings. The molecule has 1 N–H and O–H groups in total. The zero-order chi connectivity index (χ0) is 22.4. The van der Waals surface area contributed by atoms with Crippen molar-refractivity contribution in [3.05, 3.63) is 50.8 Å². The molecule has 1 aliphatic heterocycles. The van der Waals surface area contributed by atoms with E-state index in [2.05, 4.69) is 34.4 Å². The third-order valence-electron chi connectivity index (χ3n) is 5.18. The molecule has 1 saturated heterocycles. The fourth-order valence-corrected chi connectivity index (χ4v) is 4.70. The molecule has 0 radical (unpaired) electrons. The van der Waals surface area contributed by atoms with E-state index in [1.165, 1.54) is 17.8 Å². The minimum Gasteiger partial charge on any atom is -0.353 e. The molecule has 2 unspecified atom stereocenters. The van der Waals surface area contributed by atoms with Crippen LogP contribution in [-0.2, 0) is 0 Å². The van der Waals surface area contributed by atoms with Crippen LogP contribution in [0, 0.1) is 17.7 Å². The fraction of sp³-hybridized carbons (Fsp3) is 0.435. The molecular weight excluding hydrogens is 435 g/mol. The third-order valence-corrected chi connectivity index (χ3v) is 6.47. The summed E-state index contributed by atoms with van der Waals surface area (Å²) in [7, 11) is 0. The molecule has 1 saturated carbocycles. The number of nitrogens with zero attached hydrogens (tertiary/aromatic N) is 3. The van der Waals surface area contributed by atoms with Crippen molar-refractivity contribution in [1.82, 2.24) is 15.3 Å². The summed E-state index contributed by atoms with van der Waals surface area (Å²) in [6.45, 7) is 8.50. The number of halogens is 2. The van der Waals surface area contributed by atoms with E-state index >= 15 is 0 Å². The lowest BCUT2D eigenvalue weighted by Gasteiger charge is -2.18. The van der Waals surface area contributed by atoms with Crippen LogP contribution in [0.2, 0.25) is 5.28 Å². The maximum atomic E-state index is 13.3. The fourth-order valence-electron chi connectivity index (χ4n) is 3.57. The Labute approximate surface area is 192 Å². The average Bonchev–Trinajstić information content (AvgIpc) is 3.17. The highest BCUT2D eigenvalue weighted by Crippen LogP contribution is 2.46. The summed E-state index contributed by atoms with van der Waals surface area (Å²) < 4.78 is 13.3. The van der Waals surface area contributed by atoms with Crippen molar-refractivity contribution in [2.45, 2.75) is 33.6 Å². The number of anilines is 1. The lowest BCUT2D eigenvalue weighted by molar-refractivity contribution is 0.0960. The number of amides is 1. The van der Waals surface area contributed by atoms with Gasteiger partial charge in [-0.1, -0.05) is 25.2 Å². The number of carbonyl (C=O) groups is 1. The Balaban J connectivity index is 0.000000178. The van der Waals surface area contributed by atoms with Gasteiger partial charge in [0.2, 0.25) is 5.28 Å². The van der Waals surface area contributed by atoms with Crippen LogP contribution in [0.3, 0.4) is 0 Å². The Hall–Kier alpha value is -2.25. The second kappa shape index (κ2) is 10.9. The Morgan fingerprint density at radius 3 is 2.74 bits per heavy atom. The summed E-state index contributed by atoms with van der Waals surface area (Å²) in [6.07, 6.45) is 11.7. The number of rotatable bonds is 6. The van der Waals surface area contributed by atoms with E-state index in [4.69, 9.17) is 11.6 Å². The van der Waals surface area contributed by atoms with Crippen molar-refractivity contribution < 1.29 is 9.18 Å². The number of fused-ring (bicyclic) bond motifs is 1. The number of allylic oxidation sites excluding steroid dienone is 2. The standard InChI is InChI=1S/C14H19NOS.C9H9ClFN3/c1-4-7-9-12-11(8-5-2)10-13(17-12)14(16)15-6-3;10-9-12-2-7(11)8(13-9)14-3-5-1-6(5)4-14/h5,7-10H,4,6H2,1-3H3,(H,15,16);2,5-6H,1,3-4H2/b8-5-,9-7+;. The summed E-state index contributed by atoms with van der Waals surface area (Å²) in [5, 5.41) is 2.94. The minimum absolute atomic E-state index is 0.0133. The van der Waals surface area contributed by atoms with Crippen molar-refractivity contribution >= 4 is 46.8 Å². The van der Waals surface area contributed by atoms with Gasteiger partial charge in [0.15, 0.2) is 11.6 Å². The number of carbonyl (C=O) groups excluding carboxylic acids is 1. The molecule has 8 heteroatoms. The minimum atomic E-state index is -0.379. The Morgan fingerprint density at radius 1 is 1.35 bits per heavy atom. The number of piperidine rings is 1. The van der Waals surface area contributed by atoms with Gasteiger partial charge in [-0.3, -0.25) is 4.79 Å². The quantitative estimate of drug-likeness (QED) is 0.561. The first-order valence-electron chi connectivity index (χ1n) is 10.6. The molecule has 1 amide bonds. The Kier molecular flexibility index (Phi) is 8.21. The summed E-state index contributed by atoms with van der Waals surface area (Å²) in [5.41, 5.74) is 1.11. The van der Waals surface area contributed by atoms with Gasteiger partial charge >= 0.3 is 0 Å². The molecule has 2 aromatic heterocycles. The predicted octanol–water partition coefficient (Wildman–Crippen LogP) is 5.68. The van der Waals surface area contributed by atoms with E-state index in [1.54, 1.807) is 0 Å². The number of nitrogens with one attached hydrogen (secondary N) is 1. The third kappa shape index (κ3) is 6.14. The van der Waals surface area contributed by atoms with Crippen LogP contribution >= 0.6 is 22.9 Å². The highest BCUT2D eigenvalue weighted by Gasteiger charge is 2.46. The van der Waals surface area contributed by atoms with Crippen LogP contribution in [0.15, 0.2) is 24.4 Å². The number of thiophene rings is 1. The predicted molar refractivity (Wildman–Crippen MR) is 127 cm³/mol. The molecule has 2 fully saturated rings. The van der Waals surface area contributed by atoms with Crippen LogP contribution in [0.25, 0.3) is 12.2 Å². The zero-order valence-electron chi connectivity index (χ0n) is 18.1. The molecule has 0 aromatic carbocycles. The first-order chi connectivity index (χ1) is 15.0. The molecule has 0 spiro atoms. The summed E-state index contributed by atoms with van der Waals surface area (Å²) >= 11 is 7.16. The van der Waals surface area contributed by atoms with Crippen molar-refractivity contribution in [2.24, 2.45) is 11.8 Å². The largest absolute Gasteiger partial charge is 0.353 e. The van der Waals surface area contributed by atoms with E-state index in [1.807, 2.05) is 37.0 Å². The molecule has 1 aliphatic carbocycles. The molecule has 2 atom stereocenters. The number of aromatic nitrogens is 2.